The monoisotopic (exact) mass is 354 g/mol. The molecule has 3 rings (SSSR count). The Labute approximate surface area is 153 Å². The lowest BCUT2D eigenvalue weighted by molar-refractivity contribution is -0.118. The summed E-state index contributed by atoms with van der Waals surface area (Å²) >= 11 is 0. The van der Waals surface area contributed by atoms with Gasteiger partial charge in [-0.25, -0.2) is 0 Å². The number of amides is 2. The molecule has 6 nitrogen and oxygen atoms in total. The second-order valence-electron chi connectivity index (χ2n) is 7.01. The zero-order valence-electron chi connectivity index (χ0n) is 15.4. The molecular formula is C20H26N4O2. The number of benzene rings is 1. The number of anilines is 1. The van der Waals surface area contributed by atoms with Gasteiger partial charge in [0.25, 0.3) is 0 Å². The van der Waals surface area contributed by atoms with Crippen LogP contribution in [-0.2, 0) is 16.0 Å². The highest BCUT2D eigenvalue weighted by atomic mass is 16.1. The Bertz CT molecular complexity index is 868. The van der Waals surface area contributed by atoms with E-state index >= 15 is 0 Å². The Balaban J connectivity index is 1.98. The highest BCUT2D eigenvalue weighted by Gasteiger charge is 2.24. The van der Waals surface area contributed by atoms with Crippen molar-refractivity contribution in [3.05, 3.63) is 41.6 Å². The van der Waals surface area contributed by atoms with Crippen molar-refractivity contribution in [2.75, 3.05) is 18.0 Å². The second-order valence-corrected chi connectivity index (χ2v) is 7.01. The van der Waals surface area contributed by atoms with E-state index in [0.29, 0.717) is 0 Å². The number of nitrogens with one attached hydrogen (secondary N) is 2. The van der Waals surface area contributed by atoms with Gasteiger partial charge in [-0.3, -0.25) is 9.59 Å². The van der Waals surface area contributed by atoms with Crippen LogP contribution in [0.15, 0.2) is 24.8 Å². The van der Waals surface area contributed by atoms with E-state index in [1.807, 2.05) is 13.0 Å². The number of nitrogens with two attached hydrogens (primary N) is 1. The average molecular weight is 354 g/mol. The van der Waals surface area contributed by atoms with Crippen LogP contribution in [0.5, 0.6) is 0 Å². The highest BCUT2D eigenvalue weighted by Crippen LogP contribution is 2.35. The van der Waals surface area contributed by atoms with Gasteiger partial charge in [-0.2, -0.15) is 0 Å². The van der Waals surface area contributed by atoms with Crippen LogP contribution in [0.4, 0.5) is 5.69 Å². The Hall–Kier alpha value is -2.76. The first kappa shape index (κ1) is 18.0. The number of hydrogen-bond acceptors (Lipinski definition) is 3. The molecule has 1 aliphatic rings. The molecule has 138 valence electrons. The Kier molecular flexibility index (Phi) is 5.02. The Morgan fingerprint density at radius 2 is 2.19 bits per heavy atom. The molecule has 0 bridgehead atoms. The van der Waals surface area contributed by atoms with E-state index in [9.17, 15) is 9.59 Å². The first-order valence-corrected chi connectivity index (χ1v) is 8.97. The fourth-order valence-corrected chi connectivity index (χ4v) is 3.80. The predicted molar refractivity (Wildman–Crippen MR) is 104 cm³/mol. The first-order chi connectivity index (χ1) is 12.4. The largest absolute Gasteiger partial charge is 0.369 e. The molecule has 2 heterocycles. The molecule has 1 aliphatic heterocycles. The summed E-state index contributed by atoms with van der Waals surface area (Å²) in [5.74, 6) is -0.471. The summed E-state index contributed by atoms with van der Waals surface area (Å²) < 4.78 is 0. The number of aromatic nitrogens is 1. The minimum atomic E-state index is -0.339. The van der Waals surface area contributed by atoms with Gasteiger partial charge in [-0.1, -0.05) is 12.6 Å². The van der Waals surface area contributed by atoms with Gasteiger partial charge >= 0.3 is 0 Å². The third-order valence-corrected chi connectivity index (χ3v) is 5.18. The van der Waals surface area contributed by atoms with Crippen molar-refractivity contribution >= 4 is 28.4 Å². The smallest absolute Gasteiger partial charge is 0.243 e. The van der Waals surface area contributed by atoms with Crippen LogP contribution in [0.3, 0.4) is 0 Å². The zero-order valence-corrected chi connectivity index (χ0v) is 15.4. The number of carbonyl (C=O) groups excluding carboxylic acids is 2. The third kappa shape index (κ3) is 3.45. The summed E-state index contributed by atoms with van der Waals surface area (Å²) in [6.45, 7) is 9.35. The number of fused-ring (bicyclic) bond motifs is 1. The number of H-pyrrole nitrogens is 1. The van der Waals surface area contributed by atoms with Gasteiger partial charge in [0.15, 0.2) is 0 Å². The number of rotatable bonds is 5. The molecule has 0 saturated carbocycles. The van der Waals surface area contributed by atoms with Crippen LogP contribution in [0.2, 0.25) is 0 Å². The van der Waals surface area contributed by atoms with Crippen LogP contribution >= 0.6 is 0 Å². The molecule has 0 unspecified atom stereocenters. The van der Waals surface area contributed by atoms with E-state index in [1.165, 1.54) is 11.6 Å². The molecule has 2 aromatic rings. The van der Waals surface area contributed by atoms with Gasteiger partial charge in [0.1, 0.15) is 0 Å². The SMILES string of the molecule is C=CC(=O)N[C@H]1CCCN(c2ccc(CC(N)=O)c3[nH]c(C)c(C)c23)C1. The van der Waals surface area contributed by atoms with E-state index in [-0.39, 0.29) is 24.3 Å². The van der Waals surface area contributed by atoms with Crippen molar-refractivity contribution in [2.24, 2.45) is 5.73 Å². The zero-order chi connectivity index (χ0) is 18.8. The number of nitrogens with zero attached hydrogens (tertiary/aromatic N) is 1. The lowest BCUT2D eigenvalue weighted by Crippen LogP contribution is -2.47. The van der Waals surface area contributed by atoms with E-state index in [2.05, 4.69) is 34.8 Å². The van der Waals surface area contributed by atoms with Crippen molar-refractivity contribution in [2.45, 2.75) is 39.2 Å². The van der Waals surface area contributed by atoms with Crippen LogP contribution < -0.4 is 16.0 Å². The highest BCUT2D eigenvalue weighted by molar-refractivity contribution is 5.99. The standard InChI is InChI=1S/C20H26N4O2/c1-4-18(26)23-15-6-5-9-24(11-15)16-8-7-14(10-17(21)25)20-19(16)12(2)13(3)22-20/h4,7-8,15,22H,1,5-6,9-11H2,2-3H3,(H2,21,25)(H,23,26)/t15-/m0/s1. The molecule has 1 fully saturated rings. The molecule has 1 atom stereocenters. The number of aromatic amines is 1. The summed E-state index contributed by atoms with van der Waals surface area (Å²) in [6, 6.07) is 4.15. The van der Waals surface area contributed by atoms with Gasteiger partial charge < -0.3 is 20.9 Å². The van der Waals surface area contributed by atoms with E-state index in [0.717, 1.165) is 53.8 Å². The fourth-order valence-electron chi connectivity index (χ4n) is 3.80. The normalized spacial score (nSPS) is 17.3. The first-order valence-electron chi connectivity index (χ1n) is 8.97. The third-order valence-electron chi connectivity index (χ3n) is 5.18. The quantitative estimate of drug-likeness (QED) is 0.718. The number of carbonyl (C=O) groups is 2. The van der Waals surface area contributed by atoms with Gasteiger partial charge in [-0.05, 0) is 50.0 Å². The van der Waals surface area contributed by atoms with E-state index in [1.54, 1.807) is 0 Å². The van der Waals surface area contributed by atoms with Crippen LogP contribution in [-0.4, -0.2) is 35.9 Å². The molecule has 0 spiro atoms. The summed E-state index contributed by atoms with van der Waals surface area (Å²) in [7, 11) is 0. The molecule has 1 aromatic carbocycles. The number of hydrogen-bond donors (Lipinski definition) is 3. The Morgan fingerprint density at radius 3 is 2.88 bits per heavy atom. The number of primary amides is 1. The maximum atomic E-state index is 11.6. The van der Waals surface area contributed by atoms with Crippen LogP contribution in [0.1, 0.15) is 29.7 Å². The predicted octanol–water partition coefficient (Wildman–Crippen LogP) is 2.08. The van der Waals surface area contributed by atoms with Crippen molar-refractivity contribution in [3.63, 3.8) is 0 Å². The molecule has 1 aromatic heterocycles. The molecule has 4 N–H and O–H groups in total. The van der Waals surface area contributed by atoms with Gasteiger partial charge in [-0.15, -0.1) is 0 Å². The molecule has 6 heteroatoms. The molecule has 0 aliphatic carbocycles. The van der Waals surface area contributed by atoms with Crippen molar-refractivity contribution < 1.29 is 9.59 Å². The Morgan fingerprint density at radius 1 is 1.42 bits per heavy atom. The summed E-state index contributed by atoms with van der Waals surface area (Å²) in [5, 5.41) is 4.14. The van der Waals surface area contributed by atoms with E-state index < -0.39 is 0 Å². The summed E-state index contributed by atoms with van der Waals surface area (Å²) in [4.78, 5) is 28.8. The number of aryl methyl sites for hydroxylation is 2. The van der Waals surface area contributed by atoms with Crippen molar-refractivity contribution in [1.82, 2.24) is 10.3 Å². The minimum absolute atomic E-state index is 0.106. The minimum Gasteiger partial charge on any atom is -0.369 e. The van der Waals surface area contributed by atoms with Crippen molar-refractivity contribution in [3.8, 4) is 0 Å². The summed E-state index contributed by atoms with van der Waals surface area (Å²) in [6.07, 6.45) is 3.50. The van der Waals surface area contributed by atoms with E-state index in [4.69, 9.17) is 5.73 Å². The van der Waals surface area contributed by atoms with Gasteiger partial charge in [0.05, 0.1) is 11.9 Å². The summed E-state index contributed by atoms with van der Waals surface area (Å²) in [5.41, 5.74) is 10.7. The van der Waals surface area contributed by atoms with Crippen molar-refractivity contribution in [1.29, 1.82) is 0 Å². The second kappa shape index (κ2) is 7.23. The molecule has 26 heavy (non-hydrogen) atoms. The number of piperidine rings is 1. The molecule has 2 amide bonds. The maximum absolute atomic E-state index is 11.6. The lowest BCUT2D eigenvalue weighted by Gasteiger charge is -2.35. The lowest BCUT2D eigenvalue weighted by atomic mass is 10.00. The molecule has 0 radical (unpaired) electrons. The van der Waals surface area contributed by atoms with Crippen LogP contribution in [0, 0.1) is 13.8 Å². The average Bonchev–Trinajstić information content (AvgIpc) is 2.91. The maximum Gasteiger partial charge on any atom is 0.243 e. The topological polar surface area (TPSA) is 91.2 Å². The van der Waals surface area contributed by atoms with Gasteiger partial charge in [0.2, 0.25) is 11.8 Å². The van der Waals surface area contributed by atoms with Gasteiger partial charge in [0, 0.05) is 35.9 Å². The molecule has 1 saturated heterocycles. The van der Waals surface area contributed by atoms with Crippen LogP contribution in [0.25, 0.3) is 10.9 Å². The fraction of sp³-hybridized carbons (Fsp3) is 0.400. The molecular weight excluding hydrogens is 328 g/mol.